The van der Waals surface area contributed by atoms with Crippen molar-refractivity contribution in [2.45, 2.75) is 32.0 Å². The number of aromatic amines is 1. The molecule has 0 aliphatic carbocycles. The molecule has 3 aromatic carbocycles. The zero-order chi connectivity index (χ0) is 27.6. The van der Waals surface area contributed by atoms with E-state index in [1.54, 1.807) is 0 Å². The molecular weight excluding hydrogens is 500 g/mol. The van der Waals surface area contributed by atoms with Gasteiger partial charge in [0.1, 0.15) is 0 Å². The zero-order valence-electron chi connectivity index (χ0n) is 22.6. The molecule has 2 amide bonds. The number of morpholine rings is 1. The molecule has 0 spiro atoms. The minimum absolute atomic E-state index is 0.0241. The van der Waals surface area contributed by atoms with Crippen LogP contribution in [0.2, 0.25) is 0 Å². The Bertz CT molecular complexity index is 1590. The highest BCUT2D eigenvalue weighted by atomic mass is 16.5. The summed E-state index contributed by atoms with van der Waals surface area (Å²) < 4.78 is 5.75. The van der Waals surface area contributed by atoms with Crippen LogP contribution in [0.3, 0.4) is 0 Å². The van der Waals surface area contributed by atoms with Crippen LogP contribution in [0, 0.1) is 0 Å². The number of benzene rings is 3. The molecule has 2 aliphatic rings. The summed E-state index contributed by atoms with van der Waals surface area (Å²) in [5, 5.41) is 11.6. The van der Waals surface area contributed by atoms with Crippen molar-refractivity contribution in [3.63, 3.8) is 0 Å². The zero-order valence-corrected chi connectivity index (χ0v) is 22.6. The molecule has 202 valence electrons. The molecule has 0 saturated carbocycles. The van der Waals surface area contributed by atoms with E-state index in [2.05, 4.69) is 27.6 Å². The van der Waals surface area contributed by atoms with Gasteiger partial charge in [-0.2, -0.15) is 5.10 Å². The van der Waals surface area contributed by atoms with Crippen molar-refractivity contribution in [2.24, 2.45) is 0 Å². The molecule has 2 fully saturated rings. The van der Waals surface area contributed by atoms with Gasteiger partial charge < -0.3 is 15.0 Å². The van der Waals surface area contributed by atoms with Gasteiger partial charge in [0.2, 0.25) is 5.91 Å². The summed E-state index contributed by atoms with van der Waals surface area (Å²) in [5.74, 6) is 0.0445. The number of hydrogen-bond donors (Lipinski definition) is 2. The summed E-state index contributed by atoms with van der Waals surface area (Å²) in [6, 6.07) is 23.8. The molecule has 0 radical (unpaired) electrons. The van der Waals surface area contributed by atoms with Gasteiger partial charge in [0.25, 0.3) is 5.91 Å². The van der Waals surface area contributed by atoms with Crippen LogP contribution in [0.15, 0.2) is 78.4 Å². The number of hydrogen-bond acceptors (Lipinski definition) is 4. The Labute approximate surface area is 233 Å². The summed E-state index contributed by atoms with van der Waals surface area (Å²) in [7, 11) is 0. The highest BCUT2D eigenvalue weighted by molar-refractivity contribution is 6.02. The first-order valence-electron chi connectivity index (χ1n) is 13.7. The number of nitrogens with zero attached hydrogens (tertiary/aromatic N) is 2. The number of carbonyl (C=O) groups excluding carboxylic acids is 2. The molecule has 2 N–H and O–H groups in total. The fourth-order valence-electron chi connectivity index (χ4n) is 5.61. The molecule has 4 aromatic rings. The summed E-state index contributed by atoms with van der Waals surface area (Å²) in [6.07, 6.45) is 6.01. The van der Waals surface area contributed by atoms with E-state index in [4.69, 9.17) is 4.74 Å². The maximum atomic E-state index is 12.9. The van der Waals surface area contributed by atoms with E-state index in [9.17, 15) is 9.59 Å². The number of ether oxygens (including phenoxy) is 1. The monoisotopic (exact) mass is 532 g/mol. The first-order chi connectivity index (χ1) is 19.4. The van der Waals surface area contributed by atoms with E-state index < -0.39 is 0 Å². The molecule has 3 heterocycles. The van der Waals surface area contributed by atoms with Gasteiger partial charge in [-0.1, -0.05) is 54.6 Å². The normalized spacial score (nSPS) is 22.4. The van der Waals surface area contributed by atoms with Crippen LogP contribution < -0.4 is 5.32 Å². The van der Waals surface area contributed by atoms with Crippen LogP contribution in [0.25, 0.3) is 29.1 Å². The van der Waals surface area contributed by atoms with Crippen molar-refractivity contribution < 1.29 is 14.3 Å². The maximum Gasteiger partial charge on any atom is 0.254 e. The minimum atomic E-state index is -0.0241. The third-order valence-electron chi connectivity index (χ3n) is 7.54. The van der Waals surface area contributed by atoms with E-state index in [0.29, 0.717) is 25.2 Å². The Morgan fingerprint density at radius 3 is 2.42 bits per heavy atom. The lowest BCUT2D eigenvalue weighted by atomic mass is 9.92. The number of amides is 2. The Kier molecular flexibility index (Phi) is 7.05. The van der Waals surface area contributed by atoms with Crippen molar-refractivity contribution in [3.8, 4) is 0 Å². The predicted molar refractivity (Wildman–Crippen MR) is 158 cm³/mol. The van der Waals surface area contributed by atoms with Gasteiger partial charge in [-0.3, -0.25) is 14.7 Å². The standard InChI is InChI=1S/C33H32N4O3/c1-21-19-37(20-22(2)40-21)33(39)26-12-8-23(9-13-26)11-15-30-27-14-10-24(17-31(27)36-35-30)16-28-29(18-34-32(28)38)25-6-4-3-5-7-25/h3-17,21-22,29H,18-20H2,1-2H3,(H,34,38)(H,35,36)/b15-11+,28-16?/t21-,22+,29?. The number of rotatable bonds is 5. The highest BCUT2D eigenvalue weighted by Gasteiger charge is 2.29. The second-order valence-corrected chi connectivity index (χ2v) is 10.6. The molecular formula is C33H32N4O3. The van der Waals surface area contributed by atoms with Crippen molar-refractivity contribution >= 4 is 40.9 Å². The number of aromatic nitrogens is 2. The SMILES string of the molecule is C[C@@H]1CN(C(=O)c2ccc(/C=C/c3n[nH]c4cc(C=C5C(=O)NCC5c5ccccc5)ccc34)cc2)C[C@H](C)O1. The number of fused-ring (bicyclic) bond motifs is 1. The molecule has 6 rings (SSSR count). The summed E-state index contributed by atoms with van der Waals surface area (Å²) in [6.45, 7) is 5.82. The van der Waals surface area contributed by atoms with E-state index >= 15 is 0 Å². The fraction of sp³-hybridized carbons (Fsp3) is 0.242. The van der Waals surface area contributed by atoms with Crippen LogP contribution in [-0.4, -0.2) is 58.8 Å². The van der Waals surface area contributed by atoms with E-state index in [1.165, 1.54) is 0 Å². The molecule has 7 heteroatoms. The molecule has 40 heavy (non-hydrogen) atoms. The molecule has 7 nitrogen and oxygen atoms in total. The topological polar surface area (TPSA) is 87.3 Å². The second-order valence-electron chi connectivity index (χ2n) is 10.6. The van der Waals surface area contributed by atoms with Crippen LogP contribution >= 0.6 is 0 Å². The number of carbonyl (C=O) groups is 2. The molecule has 1 aromatic heterocycles. The van der Waals surface area contributed by atoms with Crippen LogP contribution in [0.4, 0.5) is 0 Å². The van der Waals surface area contributed by atoms with Crippen LogP contribution in [0.5, 0.6) is 0 Å². The van der Waals surface area contributed by atoms with E-state index in [1.807, 2.05) is 97.6 Å². The molecule has 2 aliphatic heterocycles. The summed E-state index contributed by atoms with van der Waals surface area (Å²) >= 11 is 0. The van der Waals surface area contributed by atoms with Gasteiger partial charge in [0, 0.05) is 42.1 Å². The number of H-pyrrole nitrogens is 1. The smallest absolute Gasteiger partial charge is 0.254 e. The quantitative estimate of drug-likeness (QED) is 0.343. The predicted octanol–water partition coefficient (Wildman–Crippen LogP) is 5.28. The molecule has 3 atom stereocenters. The lowest BCUT2D eigenvalue weighted by molar-refractivity contribution is -0.116. The average Bonchev–Trinajstić information content (AvgIpc) is 3.54. The Morgan fingerprint density at radius 1 is 0.950 bits per heavy atom. The summed E-state index contributed by atoms with van der Waals surface area (Å²) in [4.78, 5) is 27.4. The third-order valence-corrected chi connectivity index (χ3v) is 7.54. The Hall–Kier alpha value is -4.49. The van der Waals surface area contributed by atoms with Crippen LogP contribution in [-0.2, 0) is 9.53 Å². The van der Waals surface area contributed by atoms with Gasteiger partial charge in [-0.15, -0.1) is 0 Å². The minimum Gasteiger partial charge on any atom is -0.372 e. The first-order valence-corrected chi connectivity index (χ1v) is 13.7. The van der Waals surface area contributed by atoms with Crippen molar-refractivity contribution in [3.05, 3.63) is 106 Å². The van der Waals surface area contributed by atoms with Gasteiger partial charge >= 0.3 is 0 Å². The molecule has 2 saturated heterocycles. The average molecular weight is 533 g/mol. The molecule has 1 unspecified atom stereocenters. The van der Waals surface area contributed by atoms with Gasteiger partial charge in [0.05, 0.1) is 23.4 Å². The van der Waals surface area contributed by atoms with E-state index in [-0.39, 0.29) is 29.9 Å². The summed E-state index contributed by atoms with van der Waals surface area (Å²) in [5.41, 5.74) is 6.23. The van der Waals surface area contributed by atoms with Gasteiger partial charge in [0.15, 0.2) is 0 Å². The lowest BCUT2D eigenvalue weighted by Crippen LogP contribution is -2.48. The highest BCUT2D eigenvalue weighted by Crippen LogP contribution is 2.31. The third kappa shape index (κ3) is 5.33. The van der Waals surface area contributed by atoms with Crippen LogP contribution in [0.1, 0.15) is 52.5 Å². The van der Waals surface area contributed by atoms with Crippen molar-refractivity contribution in [1.29, 1.82) is 0 Å². The van der Waals surface area contributed by atoms with E-state index in [0.717, 1.165) is 38.9 Å². The first kappa shape index (κ1) is 25.8. The molecule has 0 bridgehead atoms. The maximum absolute atomic E-state index is 12.9. The van der Waals surface area contributed by atoms with Gasteiger partial charge in [-0.05, 0) is 67.0 Å². The largest absolute Gasteiger partial charge is 0.372 e. The Morgan fingerprint density at radius 2 is 1.68 bits per heavy atom. The lowest BCUT2D eigenvalue weighted by Gasteiger charge is -2.35. The fourth-order valence-corrected chi connectivity index (χ4v) is 5.61. The van der Waals surface area contributed by atoms with Gasteiger partial charge in [-0.25, -0.2) is 0 Å². The van der Waals surface area contributed by atoms with Crippen molar-refractivity contribution in [1.82, 2.24) is 20.4 Å². The number of nitrogens with one attached hydrogen (secondary N) is 2. The Balaban J connectivity index is 1.17. The second kappa shape index (κ2) is 10.9. The van der Waals surface area contributed by atoms with Crippen molar-refractivity contribution in [2.75, 3.05) is 19.6 Å².